The first-order valence-electron chi connectivity index (χ1n) is 16.2. The van der Waals surface area contributed by atoms with Gasteiger partial charge in [0.05, 0.1) is 40.0 Å². The van der Waals surface area contributed by atoms with Crippen LogP contribution in [-0.4, -0.2) is 76.3 Å². The van der Waals surface area contributed by atoms with Crippen LogP contribution in [0.2, 0.25) is 0 Å². The number of hydrogen-bond donors (Lipinski definition) is 3. The summed E-state index contributed by atoms with van der Waals surface area (Å²) < 4.78 is 21.9. The molecule has 0 atom stereocenters. The Bertz CT molecular complexity index is 2010. The first-order chi connectivity index (χ1) is 23.1. The fraction of sp³-hybridized carbons (Fsp3) is 0.382. The summed E-state index contributed by atoms with van der Waals surface area (Å²) in [6.07, 6.45) is 13.7. The maximum atomic E-state index is 13.5. The molecule has 0 aliphatic carbocycles. The summed E-state index contributed by atoms with van der Waals surface area (Å²) in [6, 6.07) is 7.94. The number of nitrogens with one attached hydrogen (secondary N) is 3. The number of aromatic nitrogens is 6. The normalized spacial score (nSPS) is 16.3. The summed E-state index contributed by atoms with van der Waals surface area (Å²) >= 11 is 3.60. The first-order valence-corrected chi connectivity index (χ1v) is 19.5. The molecule has 12 nitrogen and oxygen atoms in total. The highest BCUT2D eigenvalue weighted by Gasteiger charge is 2.36. The quantitative estimate of drug-likeness (QED) is 0.155. The van der Waals surface area contributed by atoms with Gasteiger partial charge in [0.1, 0.15) is 24.2 Å². The number of fused-ring (bicyclic) bond motifs is 1. The number of piperidine rings is 2. The molecule has 2 fully saturated rings. The third-order valence-electron chi connectivity index (χ3n) is 9.56. The molecular formula is C34H40BrN10O2P. The zero-order valence-corrected chi connectivity index (χ0v) is 30.1. The summed E-state index contributed by atoms with van der Waals surface area (Å²) in [5.74, 6) is 1.57. The lowest BCUT2D eigenvalue weighted by Gasteiger charge is -2.45. The van der Waals surface area contributed by atoms with Crippen LogP contribution in [0.1, 0.15) is 25.7 Å². The van der Waals surface area contributed by atoms with Crippen LogP contribution in [0.3, 0.4) is 0 Å². The van der Waals surface area contributed by atoms with Crippen molar-refractivity contribution in [3.63, 3.8) is 0 Å². The largest absolute Gasteiger partial charge is 0.494 e. The van der Waals surface area contributed by atoms with Crippen LogP contribution in [0.25, 0.3) is 22.2 Å². The standard InChI is InChI=1S/C34H40BrN10O2P/c1-44-21-22(19-40-44)23-17-27(29(47-2)18-28(23)45-15-9-34(10-16-45)7-11-36-12-8-34)42-33-39-20-24(35)32(43-33)41-26-6-5-25-30(38-14-13-37-25)31(26)48(3,4)46/h5-6,13-14,17-21,36H,7-12,15-16H2,1-4H3,(H2,39,41,42,43). The highest BCUT2D eigenvalue weighted by atomic mass is 79.9. The molecule has 2 aliphatic rings. The van der Waals surface area contributed by atoms with E-state index in [4.69, 9.17) is 9.72 Å². The lowest BCUT2D eigenvalue weighted by atomic mass is 9.71. The van der Waals surface area contributed by atoms with Gasteiger partial charge in [-0.05, 0) is 91.6 Å². The fourth-order valence-electron chi connectivity index (χ4n) is 7.00. The van der Waals surface area contributed by atoms with Crippen molar-refractivity contribution in [2.75, 3.05) is 62.2 Å². The van der Waals surface area contributed by atoms with Crippen LogP contribution >= 0.6 is 23.1 Å². The van der Waals surface area contributed by atoms with Crippen molar-refractivity contribution in [1.82, 2.24) is 35.0 Å². The summed E-state index contributed by atoms with van der Waals surface area (Å²) in [7, 11) is 0.854. The van der Waals surface area contributed by atoms with E-state index in [0.29, 0.717) is 49.4 Å². The van der Waals surface area contributed by atoms with Crippen molar-refractivity contribution in [1.29, 1.82) is 0 Å². The van der Waals surface area contributed by atoms with E-state index in [2.05, 4.69) is 69.0 Å². The maximum Gasteiger partial charge on any atom is 0.229 e. The molecule has 7 rings (SSSR count). The SMILES string of the molecule is COc1cc(N2CCC3(CCNCC3)CC2)c(-c2cnn(C)c2)cc1Nc1ncc(Br)c(Nc2ccc3nccnc3c2P(C)(C)=O)n1. The monoisotopic (exact) mass is 730 g/mol. The van der Waals surface area contributed by atoms with E-state index < -0.39 is 7.14 Å². The smallest absolute Gasteiger partial charge is 0.229 e. The molecule has 0 radical (unpaired) electrons. The number of rotatable bonds is 8. The fourth-order valence-corrected chi connectivity index (χ4v) is 8.68. The molecule has 3 aromatic heterocycles. The van der Waals surface area contributed by atoms with Crippen molar-refractivity contribution >= 4 is 68.2 Å². The van der Waals surface area contributed by atoms with Gasteiger partial charge in [-0.2, -0.15) is 10.1 Å². The molecule has 0 bridgehead atoms. The maximum absolute atomic E-state index is 13.5. The van der Waals surface area contributed by atoms with Gasteiger partial charge in [0.25, 0.3) is 0 Å². The van der Waals surface area contributed by atoms with E-state index in [-0.39, 0.29) is 0 Å². The topological polar surface area (TPSA) is 135 Å². The van der Waals surface area contributed by atoms with E-state index in [1.807, 2.05) is 36.3 Å². The predicted molar refractivity (Wildman–Crippen MR) is 196 cm³/mol. The van der Waals surface area contributed by atoms with Gasteiger partial charge in [-0.1, -0.05) is 0 Å². The molecule has 14 heteroatoms. The van der Waals surface area contributed by atoms with E-state index >= 15 is 0 Å². The van der Waals surface area contributed by atoms with Crippen molar-refractivity contribution in [3.05, 3.63) is 59.7 Å². The van der Waals surface area contributed by atoms with Crippen LogP contribution in [0.4, 0.5) is 28.8 Å². The number of benzene rings is 2. The second-order valence-electron chi connectivity index (χ2n) is 13.1. The van der Waals surface area contributed by atoms with E-state index in [9.17, 15) is 4.57 Å². The number of nitrogens with zero attached hydrogens (tertiary/aromatic N) is 7. The molecule has 48 heavy (non-hydrogen) atoms. The zero-order chi connectivity index (χ0) is 33.5. The minimum atomic E-state index is -2.76. The van der Waals surface area contributed by atoms with Gasteiger partial charge < -0.3 is 30.2 Å². The van der Waals surface area contributed by atoms with Crippen LogP contribution in [0.15, 0.2) is 59.7 Å². The predicted octanol–water partition coefficient (Wildman–Crippen LogP) is 6.30. The van der Waals surface area contributed by atoms with Crippen LogP contribution in [-0.2, 0) is 11.6 Å². The second-order valence-corrected chi connectivity index (χ2v) is 17.1. The molecule has 3 N–H and O–H groups in total. The van der Waals surface area contributed by atoms with Gasteiger partial charge in [0.15, 0.2) is 0 Å². The Labute approximate surface area is 288 Å². The number of methoxy groups -OCH3 is 1. The molecule has 2 aromatic carbocycles. The molecule has 5 heterocycles. The van der Waals surface area contributed by atoms with E-state index in [1.165, 1.54) is 25.7 Å². The Morgan fingerprint density at radius 2 is 1.75 bits per heavy atom. The first kappa shape index (κ1) is 32.5. The Morgan fingerprint density at radius 1 is 0.979 bits per heavy atom. The molecule has 1 spiro atoms. The van der Waals surface area contributed by atoms with Crippen molar-refractivity contribution in [3.8, 4) is 16.9 Å². The van der Waals surface area contributed by atoms with Crippen LogP contribution in [0, 0.1) is 5.41 Å². The summed E-state index contributed by atoms with van der Waals surface area (Å²) in [5, 5.41) is 15.4. The minimum Gasteiger partial charge on any atom is -0.494 e. The van der Waals surface area contributed by atoms with E-state index in [0.717, 1.165) is 48.7 Å². The molecule has 250 valence electrons. The molecule has 0 unspecified atom stereocenters. The molecule has 2 saturated heterocycles. The lowest BCUT2D eigenvalue weighted by molar-refractivity contribution is 0.155. The number of halogens is 1. The number of ether oxygens (including phenoxy) is 1. The van der Waals surface area contributed by atoms with Gasteiger partial charge in [0, 0.05) is 67.8 Å². The van der Waals surface area contributed by atoms with Crippen molar-refractivity contribution in [2.24, 2.45) is 12.5 Å². The van der Waals surface area contributed by atoms with Crippen LogP contribution < -0.4 is 30.9 Å². The summed E-state index contributed by atoms with van der Waals surface area (Å²) in [6.45, 7) is 7.68. The van der Waals surface area contributed by atoms with Crippen molar-refractivity contribution in [2.45, 2.75) is 25.7 Å². The third kappa shape index (κ3) is 6.51. The molecule has 5 aromatic rings. The number of aryl methyl sites for hydroxylation is 1. The van der Waals surface area contributed by atoms with E-state index in [1.54, 1.807) is 39.0 Å². The average molecular weight is 732 g/mol. The lowest BCUT2D eigenvalue weighted by Crippen LogP contribution is -2.45. The van der Waals surface area contributed by atoms with Gasteiger partial charge in [-0.3, -0.25) is 14.6 Å². The Balaban J connectivity index is 1.22. The van der Waals surface area contributed by atoms with Gasteiger partial charge in [-0.15, -0.1) is 0 Å². The highest BCUT2D eigenvalue weighted by Crippen LogP contribution is 2.45. The average Bonchev–Trinajstić information content (AvgIpc) is 3.52. The van der Waals surface area contributed by atoms with Crippen molar-refractivity contribution < 1.29 is 9.30 Å². The summed E-state index contributed by atoms with van der Waals surface area (Å²) in [5.41, 5.74) is 6.32. The molecule has 0 saturated carbocycles. The Kier molecular flexibility index (Phi) is 8.86. The van der Waals surface area contributed by atoms with Gasteiger partial charge in [-0.25, -0.2) is 4.98 Å². The highest BCUT2D eigenvalue weighted by molar-refractivity contribution is 9.10. The second kappa shape index (κ2) is 13.1. The molecular weight excluding hydrogens is 691 g/mol. The zero-order valence-electron chi connectivity index (χ0n) is 27.6. The third-order valence-corrected chi connectivity index (χ3v) is 11.7. The summed E-state index contributed by atoms with van der Waals surface area (Å²) in [4.78, 5) is 20.8. The number of anilines is 5. The van der Waals surface area contributed by atoms with Gasteiger partial charge in [0.2, 0.25) is 5.95 Å². The Hall–Kier alpha value is -4.06. The molecule has 2 aliphatic heterocycles. The number of hydrogen-bond acceptors (Lipinski definition) is 11. The Morgan fingerprint density at radius 3 is 2.46 bits per heavy atom. The minimum absolute atomic E-state index is 0.369. The molecule has 0 amide bonds. The van der Waals surface area contributed by atoms with Crippen LogP contribution in [0.5, 0.6) is 5.75 Å². The van der Waals surface area contributed by atoms with Gasteiger partial charge >= 0.3 is 0 Å².